The molecule has 0 aliphatic carbocycles. The molecule has 1 aliphatic heterocycles. The second-order valence-electron chi connectivity index (χ2n) is 6.08. The van der Waals surface area contributed by atoms with Gasteiger partial charge in [-0.15, -0.1) is 0 Å². The van der Waals surface area contributed by atoms with Crippen molar-refractivity contribution < 1.29 is 13.2 Å². The fourth-order valence-corrected chi connectivity index (χ4v) is 3.71. The molecule has 0 bridgehead atoms. The fraction of sp³-hybridized carbons (Fsp3) is 0.467. The van der Waals surface area contributed by atoms with Gasteiger partial charge in [-0.2, -0.15) is 0 Å². The highest BCUT2D eigenvalue weighted by molar-refractivity contribution is 7.88. The SMILES string of the molecule is Cc1ccn2cc(C(=O)N3CCC[C@H](NS(C)(=O)=O)C3)nc2c1. The number of nitrogens with zero attached hydrogens (tertiary/aromatic N) is 3. The van der Waals surface area contributed by atoms with E-state index in [1.165, 1.54) is 0 Å². The van der Waals surface area contributed by atoms with Crippen LogP contribution in [0.15, 0.2) is 24.5 Å². The van der Waals surface area contributed by atoms with E-state index < -0.39 is 10.0 Å². The maximum absolute atomic E-state index is 12.6. The Morgan fingerprint density at radius 1 is 1.43 bits per heavy atom. The topological polar surface area (TPSA) is 83.8 Å². The van der Waals surface area contributed by atoms with E-state index in [1.54, 1.807) is 11.1 Å². The minimum atomic E-state index is -3.27. The first-order valence-electron chi connectivity index (χ1n) is 7.54. The van der Waals surface area contributed by atoms with Gasteiger partial charge in [-0.1, -0.05) is 0 Å². The molecule has 2 aromatic heterocycles. The van der Waals surface area contributed by atoms with E-state index >= 15 is 0 Å². The fourth-order valence-electron chi connectivity index (χ4n) is 2.91. The molecule has 0 saturated carbocycles. The normalized spacial score (nSPS) is 19.2. The Bertz CT molecular complexity index is 844. The molecule has 0 aromatic carbocycles. The molecule has 1 saturated heterocycles. The van der Waals surface area contributed by atoms with Gasteiger partial charge in [0.05, 0.1) is 6.26 Å². The summed E-state index contributed by atoms with van der Waals surface area (Å²) in [6.07, 6.45) is 6.23. The van der Waals surface area contributed by atoms with Crippen LogP contribution in [0.25, 0.3) is 5.65 Å². The third-order valence-electron chi connectivity index (χ3n) is 3.92. The van der Waals surface area contributed by atoms with Crippen molar-refractivity contribution in [1.82, 2.24) is 19.0 Å². The first kappa shape index (κ1) is 15.9. The van der Waals surface area contributed by atoms with Gasteiger partial charge in [-0.05, 0) is 37.5 Å². The number of sulfonamides is 1. The molecule has 8 heteroatoms. The number of imidazole rings is 1. The molecule has 1 aliphatic rings. The van der Waals surface area contributed by atoms with Crippen LogP contribution in [-0.2, 0) is 10.0 Å². The second kappa shape index (κ2) is 5.93. The van der Waals surface area contributed by atoms with Gasteiger partial charge < -0.3 is 9.30 Å². The number of likely N-dealkylation sites (tertiary alicyclic amines) is 1. The molecule has 0 unspecified atom stereocenters. The number of rotatable bonds is 3. The molecular formula is C15H20N4O3S. The predicted octanol–water partition coefficient (Wildman–Crippen LogP) is 0.797. The molecule has 23 heavy (non-hydrogen) atoms. The van der Waals surface area contributed by atoms with Crippen LogP contribution in [0.2, 0.25) is 0 Å². The van der Waals surface area contributed by atoms with Gasteiger partial charge in [0.25, 0.3) is 5.91 Å². The van der Waals surface area contributed by atoms with Gasteiger partial charge in [0.2, 0.25) is 10.0 Å². The summed E-state index contributed by atoms with van der Waals surface area (Å²) in [5.41, 5.74) is 2.20. The highest BCUT2D eigenvalue weighted by Crippen LogP contribution is 2.15. The third kappa shape index (κ3) is 3.70. The van der Waals surface area contributed by atoms with E-state index in [9.17, 15) is 13.2 Å². The number of nitrogens with one attached hydrogen (secondary N) is 1. The van der Waals surface area contributed by atoms with Crippen LogP contribution >= 0.6 is 0 Å². The number of aromatic nitrogens is 2. The zero-order valence-electron chi connectivity index (χ0n) is 13.2. The number of amides is 1. The molecule has 3 heterocycles. The molecule has 124 valence electrons. The molecular weight excluding hydrogens is 316 g/mol. The summed E-state index contributed by atoms with van der Waals surface area (Å²) in [6, 6.07) is 3.64. The molecule has 7 nitrogen and oxygen atoms in total. The molecule has 1 amide bonds. The summed E-state index contributed by atoms with van der Waals surface area (Å²) in [4.78, 5) is 18.7. The zero-order chi connectivity index (χ0) is 16.6. The summed E-state index contributed by atoms with van der Waals surface area (Å²) in [6.45, 7) is 2.97. The first-order chi connectivity index (χ1) is 10.8. The molecule has 2 aromatic rings. The smallest absolute Gasteiger partial charge is 0.274 e. The monoisotopic (exact) mass is 336 g/mol. The van der Waals surface area contributed by atoms with E-state index in [1.807, 2.05) is 29.7 Å². The van der Waals surface area contributed by atoms with E-state index in [-0.39, 0.29) is 11.9 Å². The van der Waals surface area contributed by atoms with Crippen LogP contribution in [0.4, 0.5) is 0 Å². The number of pyridine rings is 1. The Morgan fingerprint density at radius 3 is 2.96 bits per heavy atom. The number of hydrogen-bond acceptors (Lipinski definition) is 4. The van der Waals surface area contributed by atoms with Crippen molar-refractivity contribution >= 4 is 21.6 Å². The van der Waals surface area contributed by atoms with E-state index in [0.717, 1.165) is 30.3 Å². The maximum atomic E-state index is 12.6. The average Bonchev–Trinajstić information content (AvgIpc) is 2.88. The second-order valence-corrected chi connectivity index (χ2v) is 7.86. The van der Waals surface area contributed by atoms with E-state index in [2.05, 4.69) is 9.71 Å². The quantitative estimate of drug-likeness (QED) is 0.898. The minimum Gasteiger partial charge on any atom is -0.336 e. The predicted molar refractivity (Wildman–Crippen MR) is 86.8 cm³/mol. The summed E-state index contributed by atoms with van der Waals surface area (Å²) in [5, 5.41) is 0. The Labute approximate surface area is 135 Å². The Hall–Kier alpha value is -1.93. The molecule has 0 spiro atoms. The largest absolute Gasteiger partial charge is 0.336 e. The molecule has 0 radical (unpaired) electrons. The van der Waals surface area contributed by atoms with Crippen LogP contribution < -0.4 is 4.72 Å². The van der Waals surface area contributed by atoms with Gasteiger partial charge in [0.15, 0.2) is 0 Å². The van der Waals surface area contributed by atoms with Crippen LogP contribution in [-0.4, -0.2) is 54.0 Å². The third-order valence-corrected chi connectivity index (χ3v) is 4.69. The molecule has 3 rings (SSSR count). The number of fused-ring (bicyclic) bond motifs is 1. The molecule has 1 fully saturated rings. The summed E-state index contributed by atoms with van der Waals surface area (Å²) in [7, 11) is -3.27. The van der Waals surface area contributed by atoms with Crippen molar-refractivity contribution in [2.45, 2.75) is 25.8 Å². The lowest BCUT2D eigenvalue weighted by Crippen LogP contribution is -2.49. The number of piperidine rings is 1. The Kier molecular flexibility index (Phi) is 4.11. The number of aryl methyl sites for hydroxylation is 1. The van der Waals surface area contributed by atoms with Crippen LogP contribution in [0.1, 0.15) is 28.9 Å². The molecule has 1 N–H and O–H groups in total. The Balaban J connectivity index is 1.78. The van der Waals surface area contributed by atoms with Crippen LogP contribution in [0.3, 0.4) is 0 Å². The molecule has 1 atom stereocenters. The van der Waals surface area contributed by atoms with E-state index in [0.29, 0.717) is 18.8 Å². The maximum Gasteiger partial charge on any atom is 0.274 e. The van der Waals surface area contributed by atoms with Gasteiger partial charge in [-0.3, -0.25) is 4.79 Å². The van der Waals surface area contributed by atoms with Crippen molar-refractivity contribution in [2.24, 2.45) is 0 Å². The van der Waals surface area contributed by atoms with Crippen molar-refractivity contribution in [1.29, 1.82) is 0 Å². The van der Waals surface area contributed by atoms with Gasteiger partial charge >= 0.3 is 0 Å². The van der Waals surface area contributed by atoms with Gasteiger partial charge in [-0.25, -0.2) is 18.1 Å². The van der Waals surface area contributed by atoms with Crippen molar-refractivity contribution in [3.63, 3.8) is 0 Å². The highest BCUT2D eigenvalue weighted by Gasteiger charge is 2.27. The standard InChI is InChI=1S/C15H20N4O3S/c1-11-5-7-18-10-13(16-14(18)8-11)15(20)19-6-3-4-12(9-19)17-23(2,21)22/h5,7-8,10,12,17H,3-4,6,9H2,1-2H3/t12-/m0/s1. The lowest BCUT2D eigenvalue weighted by Gasteiger charge is -2.32. The van der Waals surface area contributed by atoms with Gasteiger partial charge in [0, 0.05) is 31.5 Å². The lowest BCUT2D eigenvalue weighted by atomic mass is 10.1. The highest BCUT2D eigenvalue weighted by atomic mass is 32.2. The number of hydrogen-bond donors (Lipinski definition) is 1. The van der Waals surface area contributed by atoms with Gasteiger partial charge in [0.1, 0.15) is 11.3 Å². The van der Waals surface area contributed by atoms with Crippen molar-refractivity contribution in [3.8, 4) is 0 Å². The van der Waals surface area contributed by atoms with E-state index in [4.69, 9.17) is 0 Å². The van der Waals surface area contributed by atoms with Crippen LogP contribution in [0.5, 0.6) is 0 Å². The number of carbonyl (C=O) groups excluding carboxylic acids is 1. The van der Waals surface area contributed by atoms with Crippen molar-refractivity contribution in [3.05, 3.63) is 35.8 Å². The number of carbonyl (C=O) groups is 1. The van der Waals surface area contributed by atoms with Crippen LogP contribution in [0, 0.1) is 6.92 Å². The summed E-state index contributed by atoms with van der Waals surface area (Å²) < 4.78 is 27.1. The minimum absolute atomic E-state index is 0.161. The average molecular weight is 336 g/mol. The summed E-state index contributed by atoms with van der Waals surface area (Å²) in [5.74, 6) is -0.161. The Morgan fingerprint density at radius 2 is 2.22 bits per heavy atom. The summed E-state index contributed by atoms with van der Waals surface area (Å²) >= 11 is 0. The zero-order valence-corrected chi connectivity index (χ0v) is 14.0. The lowest BCUT2D eigenvalue weighted by molar-refractivity contribution is 0.0698. The van der Waals surface area contributed by atoms with Crippen molar-refractivity contribution in [2.75, 3.05) is 19.3 Å². The first-order valence-corrected chi connectivity index (χ1v) is 9.43.